The topological polar surface area (TPSA) is 101 Å². The van der Waals surface area contributed by atoms with Crippen molar-refractivity contribution in [3.05, 3.63) is 53.7 Å². The SMILES string of the molecule is CC1CC1NC(=O)c1ccc(-c2nc(Nc3ccc4[nH]ncc4c3C3CC3)n(C)n2)cc1. The average molecular weight is 428 g/mol. The number of rotatable bonds is 6. The number of aromatic amines is 1. The van der Waals surface area contributed by atoms with Gasteiger partial charge in [0, 0.05) is 35.3 Å². The van der Waals surface area contributed by atoms with Crippen LogP contribution >= 0.6 is 0 Å². The number of nitrogens with one attached hydrogen (secondary N) is 3. The van der Waals surface area contributed by atoms with Gasteiger partial charge >= 0.3 is 0 Å². The highest BCUT2D eigenvalue weighted by Crippen LogP contribution is 2.47. The highest BCUT2D eigenvalue weighted by atomic mass is 16.1. The average Bonchev–Trinajstić information content (AvgIpc) is 3.66. The fourth-order valence-electron chi connectivity index (χ4n) is 4.24. The molecule has 0 aliphatic heterocycles. The number of benzene rings is 2. The van der Waals surface area contributed by atoms with Crippen molar-refractivity contribution in [2.45, 2.75) is 38.1 Å². The number of carbonyl (C=O) groups excluding carboxylic acids is 1. The van der Waals surface area contributed by atoms with Crippen molar-refractivity contribution in [1.82, 2.24) is 30.3 Å². The van der Waals surface area contributed by atoms with Crippen LogP contribution in [0.15, 0.2) is 42.6 Å². The molecule has 0 spiro atoms. The second-order valence-electron chi connectivity index (χ2n) is 9.01. The second kappa shape index (κ2) is 7.19. The van der Waals surface area contributed by atoms with Crippen molar-refractivity contribution in [3.8, 4) is 11.4 Å². The molecular weight excluding hydrogens is 402 g/mol. The van der Waals surface area contributed by atoms with E-state index in [0.717, 1.165) is 28.6 Å². The van der Waals surface area contributed by atoms with Gasteiger partial charge in [0.1, 0.15) is 0 Å². The fraction of sp³-hybridized carbons (Fsp3) is 0.333. The minimum atomic E-state index is -0.0236. The van der Waals surface area contributed by atoms with Crippen LogP contribution in [0.25, 0.3) is 22.3 Å². The van der Waals surface area contributed by atoms with Crippen LogP contribution in [-0.2, 0) is 7.05 Å². The van der Waals surface area contributed by atoms with Gasteiger partial charge in [0.15, 0.2) is 5.82 Å². The van der Waals surface area contributed by atoms with Crippen LogP contribution in [0, 0.1) is 5.92 Å². The molecule has 0 saturated heterocycles. The molecule has 2 atom stereocenters. The smallest absolute Gasteiger partial charge is 0.251 e. The predicted molar refractivity (Wildman–Crippen MR) is 123 cm³/mol. The summed E-state index contributed by atoms with van der Waals surface area (Å²) in [6.07, 6.45) is 5.36. The number of carbonyl (C=O) groups is 1. The Labute approximate surface area is 185 Å². The van der Waals surface area contributed by atoms with Crippen LogP contribution in [-0.4, -0.2) is 36.9 Å². The normalized spacial score (nSPS) is 19.8. The molecule has 2 aliphatic carbocycles. The van der Waals surface area contributed by atoms with Crippen molar-refractivity contribution in [2.24, 2.45) is 13.0 Å². The number of nitrogens with zero attached hydrogens (tertiary/aromatic N) is 4. The molecular formula is C24H25N7O. The molecule has 2 aromatic carbocycles. The number of hydrogen-bond acceptors (Lipinski definition) is 5. The number of H-pyrrole nitrogens is 1. The van der Waals surface area contributed by atoms with Crippen molar-refractivity contribution in [1.29, 1.82) is 0 Å². The zero-order valence-corrected chi connectivity index (χ0v) is 18.1. The number of amides is 1. The third-order valence-electron chi connectivity index (χ3n) is 6.49. The van der Waals surface area contributed by atoms with Gasteiger partial charge in [0.25, 0.3) is 5.91 Å². The maximum atomic E-state index is 12.4. The summed E-state index contributed by atoms with van der Waals surface area (Å²) in [6.45, 7) is 2.15. The molecule has 0 bridgehead atoms. The molecule has 0 radical (unpaired) electrons. The van der Waals surface area contributed by atoms with Crippen molar-refractivity contribution in [2.75, 3.05) is 5.32 Å². The quantitative estimate of drug-likeness (QED) is 0.430. The highest BCUT2D eigenvalue weighted by molar-refractivity contribution is 5.95. The van der Waals surface area contributed by atoms with E-state index in [1.807, 2.05) is 43.6 Å². The molecule has 2 fully saturated rings. The summed E-state index contributed by atoms with van der Waals surface area (Å²) in [5, 5.41) is 19.6. The molecule has 32 heavy (non-hydrogen) atoms. The fourth-order valence-corrected chi connectivity index (χ4v) is 4.24. The minimum absolute atomic E-state index is 0.0236. The van der Waals surface area contributed by atoms with Gasteiger partial charge in [0.2, 0.25) is 5.95 Å². The lowest BCUT2D eigenvalue weighted by Crippen LogP contribution is -2.26. The van der Waals surface area contributed by atoms with Crippen LogP contribution in [0.4, 0.5) is 11.6 Å². The summed E-state index contributed by atoms with van der Waals surface area (Å²) in [5.74, 6) is 2.41. The molecule has 2 heterocycles. The van der Waals surface area contributed by atoms with Crippen LogP contribution in [0.5, 0.6) is 0 Å². The second-order valence-corrected chi connectivity index (χ2v) is 9.01. The van der Waals surface area contributed by atoms with Crippen LogP contribution in [0.1, 0.15) is 48.0 Å². The van der Waals surface area contributed by atoms with Gasteiger partial charge in [-0.15, -0.1) is 5.10 Å². The summed E-state index contributed by atoms with van der Waals surface area (Å²) in [4.78, 5) is 17.1. The van der Waals surface area contributed by atoms with E-state index >= 15 is 0 Å². The summed E-state index contributed by atoms with van der Waals surface area (Å²) in [5.41, 5.74) is 4.92. The third kappa shape index (κ3) is 3.41. The van der Waals surface area contributed by atoms with E-state index in [-0.39, 0.29) is 5.91 Å². The highest BCUT2D eigenvalue weighted by Gasteiger charge is 2.34. The van der Waals surface area contributed by atoms with Gasteiger partial charge in [-0.1, -0.05) is 19.1 Å². The first-order chi connectivity index (χ1) is 15.6. The van der Waals surface area contributed by atoms with Gasteiger partial charge < -0.3 is 10.6 Å². The van der Waals surface area contributed by atoms with Crippen LogP contribution in [0.2, 0.25) is 0 Å². The standard InChI is InChI=1S/C24H25N7O/c1-13-11-20(13)26-23(32)16-7-5-15(6-8-16)22-28-24(31(2)30-22)27-19-10-9-18-17(12-25-29-18)21(19)14-3-4-14/h5-10,12-14,20H,3-4,11H2,1-2H3,(H,25,29)(H,26,32)(H,27,28,30). The molecule has 2 unspecified atom stereocenters. The Morgan fingerprint density at radius 1 is 1.16 bits per heavy atom. The molecule has 8 heteroatoms. The molecule has 6 rings (SSSR count). The number of fused-ring (bicyclic) bond motifs is 1. The Kier molecular flexibility index (Phi) is 4.28. The number of anilines is 2. The molecule has 162 valence electrons. The first-order valence-electron chi connectivity index (χ1n) is 11.1. The van der Waals surface area contributed by atoms with E-state index in [1.54, 1.807) is 4.68 Å². The Morgan fingerprint density at radius 2 is 1.94 bits per heavy atom. The van der Waals surface area contributed by atoms with Crippen LogP contribution < -0.4 is 10.6 Å². The molecule has 1 amide bonds. The predicted octanol–water partition coefficient (Wildman–Crippen LogP) is 4.12. The van der Waals surface area contributed by atoms with Gasteiger partial charge in [-0.2, -0.15) is 10.1 Å². The Morgan fingerprint density at radius 3 is 2.66 bits per heavy atom. The molecule has 2 saturated carbocycles. The van der Waals surface area contributed by atoms with E-state index < -0.39 is 0 Å². The summed E-state index contributed by atoms with van der Waals surface area (Å²) in [6, 6.07) is 11.9. The van der Waals surface area contributed by atoms with E-state index in [0.29, 0.717) is 35.2 Å². The van der Waals surface area contributed by atoms with E-state index in [2.05, 4.69) is 38.9 Å². The number of aromatic nitrogens is 5. The summed E-state index contributed by atoms with van der Waals surface area (Å²) in [7, 11) is 1.88. The van der Waals surface area contributed by atoms with Gasteiger partial charge in [0.05, 0.1) is 11.7 Å². The van der Waals surface area contributed by atoms with E-state index in [9.17, 15) is 4.79 Å². The van der Waals surface area contributed by atoms with Gasteiger partial charge in [-0.05, 0) is 60.9 Å². The molecule has 8 nitrogen and oxygen atoms in total. The summed E-state index contributed by atoms with van der Waals surface area (Å²) < 4.78 is 1.75. The zero-order chi connectivity index (χ0) is 21.8. The monoisotopic (exact) mass is 427 g/mol. The molecule has 3 N–H and O–H groups in total. The number of hydrogen-bond donors (Lipinski definition) is 3. The summed E-state index contributed by atoms with van der Waals surface area (Å²) >= 11 is 0. The Bertz CT molecular complexity index is 1320. The molecule has 4 aromatic rings. The van der Waals surface area contributed by atoms with Crippen molar-refractivity contribution < 1.29 is 4.79 Å². The van der Waals surface area contributed by atoms with Gasteiger partial charge in [-0.3, -0.25) is 9.89 Å². The largest absolute Gasteiger partial charge is 0.349 e. The van der Waals surface area contributed by atoms with E-state index in [1.165, 1.54) is 18.4 Å². The molecule has 2 aliphatic rings. The lowest BCUT2D eigenvalue weighted by Gasteiger charge is -2.11. The zero-order valence-electron chi connectivity index (χ0n) is 18.1. The van der Waals surface area contributed by atoms with Crippen LogP contribution in [0.3, 0.4) is 0 Å². The van der Waals surface area contributed by atoms with Gasteiger partial charge in [-0.25, -0.2) is 4.68 Å². The minimum Gasteiger partial charge on any atom is -0.349 e. The first kappa shape index (κ1) is 19.0. The maximum absolute atomic E-state index is 12.4. The number of aryl methyl sites for hydroxylation is 1. The van der Waals surface area contributed by atoms with E-state index in [4.69, 9.17) is 4.98 Å². The lowest BCUT2D eigenvalue weighted by atomic mass is 10.0. The third-order valence-corrected chi connectivity index (χ3v) is 6.49. The van der Waals surface area contributed by atoms with Crippen molar-refractivity contribution in [3.63, 3.8) is 0 Å². The Hall–Kier alpha value is -3.68. The Balaban J connectivity index is 1.24. The van der Waals surface area contributed by atoms with Crippen molar-refractivity contribution >= 4 is 28.4 Å². The maximum Gasteiger partial charge on any atom is 0.251 e. The molecule has 2 aromatic heterocycles. The first-order valence-corrected chi connectivity index (χ1v) is 11.1. The lowest BCUT2D eigenvalue weighted by molar-refractivity contribution is 0.0949.